The van der Waals surface area contributed by atoms with E-state index in [0.29, 0.717) is 0 Å². The number of hydrogen-bond donors (Lipinski definition) is 2. The largest absolute Gasteiger partial charge is 0.478 e. The van der Waals surface area contributed by atoms with E-state index in [-0.39, 0.29) is 22.5 Å². The van der Waals surface area contributed by atoms with Gasteiger partial charge in [-0.3, -0.25) is 10.1 Å². The van der Waals surface area contributed by atoms with Crippen molar-refractivity contribution in [3.05, 3.63) is 45.6 Å². The number of allylic oxidation sites excluding steroid dienone is 1. The normalized spacial score (nSPS) is 8.74. The molecule has 1 aromatic rings. The maximum absolute atomic E-state index is 11.0. The average Bonchev–Trinajstić information content (AvgIpc) is 2.39. The highest BCUT2D eigenvalue weighted by molar-refractivity contribution is 5.95. The van der Waals surface area contributed by atoms with Crippen molar-refractivity contribution in [3.8, 4) is 12.1 Å². The number of carboxylic acid groups (broad SMARTS) is 1. The summed E-state index contributed by atoms with van der Waals surface area (Å²) >= 11 is 0. The zero-order chi connectivity index (χ0) is 14.4. The van der Waals surface area contributed by atoms with E-state index in [4.69, 9.17) is 15.6 Å². The second-order valence-corrected chi connectivity index (χ2v) is 3.22. The van der Waals surface area contributed by atoms with Crippen LogP contribution >= 0.6 is 0 Å². The van der Waals surface area contributed by atoms with Crippen LogP contribution in [0.1, 0.15) is 10.4 Å². The molecule has 0 aliphatic heterocycles. The van der Waals surface area contributed by atoms with Gasteiger partial charge in [0.15, 0.2) is 0 Å². The maximum Gasteiger partial charge on any atom is 0.338 e. The Balaban J connectivity index is 3.19. The molecule has 2 N–H and O–H groups in total. The molecule has 0 heterocycles. The van der Waals surface area contributed by atoms with Crippen LogP contribution in [0.5, 0.6) is 0 Å². The average molecular weight is 258 g/mol. The van der Waals surface area contributed by atoms with Crippen molar-refractivity contribution in [2.45, 2.75) is 0 Å². The molecule has 1 rings (SSSR count). The van der Waals surface area contributed by atoms with Gasteiger partial charge in [-0.05, 0) is 6.07 Å². The molecule has 8 nitrogen and oxygen atoms in total. The zero-order valence-electron chi connectivity index (χ0n) is 9.32. The van der Waals surface area contributed by atoms with Crippen LogP contribution in [0.3, 0.4) is 0 Å². The fourth-order valence-corrected chi connectivity index (χ4v) is 1.19. The van der Waals surface area contributed by atoms with Gasteiger partial charge >= 0.3 is 5.97 Å². The standard InChI is InChI=1S/C11H6N4O4/c12-4-7(5-13)6-14-10-2-1-8(15(18)19)3-9(10)11(16)17/h1-3,6,14H,(H,16,17). The Kier molecular flexibility index (Phi) is 4.17. The van der Waals surface area contributed by atoms with Crippen molar-refractivity contribution in [3.63, 3.8) is 0 Å². The predicted octanol–water partition coefficient (Wildman–Crippen LogP) is 1.64. The summed E-state index contributed by atoms with van der Waals surface area (Å²) in [4.78, 5) is 20.8. The lowest BCUT2D eigenvalue weighted by Gasteiger charge is -2.05. The van der Waals surface area contributed by atoms with Crippen LogP contribution in [0, 0.1) is 32.8 Å². The third-order valence-corrected chi connectivity index (χ3v) is 2.06. The summed E-state index contributed by atoms with van der Waals surface area (Å²) in [5.74, 6) is -1.37. The second kappa shape index (κ2) is 5.80. The van der Waals surface area contributed by atoms with Gasteiger partial charge in [-0.1, -0.05) is 0 Å². The highest BCUT2D eigenvalue weighted by Crippen LogP contribution is 2.22. The van der Waals surface area contributed by atoms with Gasteiger partial charge in [0.1, 0.15) is 17.7 Å². The number of rotatable bonds is 4. The number of non-ortho nitro benzene ring substituents is 1. The number of carboxylic acids is 1. The summed E-state index contributed by atoms with van der Waals surface area (Å²) in [5.41, 5.74) is -0.913. The molecule has 0 atom stereocenters. The highest BCUT2D eigenvalue weighted by atomic mass is 16.6. The molecule has 0 saturated carbocycles. The second-order valence-electron chi connectivity index (χ2n) is 3.22. The minimum atomic E-state index is -1.37. The van der Waals surface area contributed by atoms with Crippen LogP contribution in [0.15, 0.2) is 30.0 Å². The molecule has 0 amide bonds. The van der Waals surface area contributed by atoms with Gasteiger partial charge in [0, 0.05) is 18.3 Å². The van der Waals surface area contributed by atoms with Crippen molar-refractivity contribution in [1.29, 1.82) is 10.5 Å². The Morgan fingerprint density at radius 3 is 2.53 bits per heavy atom. The first-order valence-corrected chi connectivity index (χ1v) is 4.78. The molecule has 8 heteroatoms. The number of nitro benzene ring substituents is 1. The molecule has 0 aliphatic carbocycles. The van der Waals surface area contributed by atoms with Crippen molar-refractivity contribution < 1.29 is 14.8 Å². The first kappa shape index (κ1) is 13.7. The topological polar surface area (TPSA) is 140 Å². The number of anilines is 1. The molecule has 0 unspecified atom stereocenters. The Morgan fingerprint density at radius 2 is 2.05 bits per heavy atom. The lowest BCUT2D eigenvalue weighted by molar-refractivity contribution is -0.384. The molecule has 94 valence electrons. The number of nitro groups is 1. The van der Waals surface area contributed by atoms with Gasteiger partial charge in [0.25, 0.3) is 5.69 Å². The summed E-state index contributed by atoms with van der Waals surface area (Å²) in [6, 6.07) is 6.35. The molecule has 19 heavy (non-hydrogen) atoms. The van der Waals surface area contributed by atoms with E-state index in [1.807, 2.05) is 0 Å². The smallest absolute Gasteiger partial charge is 0.338 e. The molecule has 0 aliphatic rings. The summed E-state index contributed by atoms with van der Waals surface area (Å²) < 4.78 is 0. The molecule has 1 aromatic carbocycles. The number of nitrogens with one attached hydrogen (secondary N) is 1. The lowest BCUT2D eigenvalue weighted by Crippen LogP contribution is -2.03. The van der Waals surface area contributed by atoms with Gasteiger partial charge in [-0.15, -0.1) is 0 Å². The summed E-state index contributed by atoms with van der Waals surface area (Å²) in [6.07, 6.45) is 1.02. The minimum absolute atomic E-state index is 0.0427. The van der Waals surface area contributed by atoms with E-state index in [0.717, 1.165) is 18.3 Å². The van der Waals surface area contributed by atoms with Crippen molar-refractivity contribution >= 4 is 17.3 Å². The van der Waals surface area contributed by atoms with Crippen LogP contribution in [0.25, 0.3) is 0 Å². The number of carbonyl (C=O) groups is 1. The molecular formula is C11H6N4O4. The number of aromatic carboxylic acids is 1. The quantitative estimate of drug-likeness (QED) is 0.475. The van der Waals surface area contributed by atoms with E-state index >= 15 is 0 Å². The Bertz CT molecular complexity index is 636. The van der Waals surface area contributed by atoms with Crippen molar-refractivity contribution in [1.82, 2.24) is 0 Å². The Labute approximate surface area is 107 Å². The van der Waals surface area contributed by atoms with Crippen molar-refractivity contribution in [2.75, 3.05) is 5.32 Å². The zero-order valence-corrected chi connectivity index (χ0v) is 9.32. The number of nitriles is 2. The van der Waals surface area contributed by atoms with Crippen molar-refractivity contribution in [2.24, 2.45) is 0 Å². The van der Waals surface area contributed by atoms with Crippen LogP contribution in [0.2, 0.25) is 0 Å². The monoisotopic (exact) mass is 258 g/mol. The summed E-state index contributed by atoms with van der Waals surface area (Å²) in [7, 11) is 0. The molecule has 0 saturated heterocycles. The van der Waals surface area contributed by atoms with E-state index in [2.05, 4.69) is 5.32 Å². The fraction of sp³-hybridized carbons (Fsp3) is 0. The predicted molar refractivity (Wildman–Crippen MR) is 63.0 cm³/mol. The van der Waals surface area contributed by atoms with E-state index < -0.39 is 10.9 Å². The first-order chi connectivity index (χ1) is 8.99. The third-order valence-electron chi connectivity index (χ3n) is 2.06. The third kappa shape index (κ3) is 3.28. The molecule has 0 bridgehead atoms. The molecular weight excluding hydrogens is 252 g/mol. The maximum atomic E-state index is 11.0. The highest BCUT2D eigenvalue weighted by Gasteiger charge is 2.15. The van der Waals surface area contributed by atoms with Gasteiger partial charge in [0.2, 0.25) is 0 Å². The number of hydrogen-bond acceptors (Lipinski definition) is 6. The van der Waals surface area contributed by atoms with E-state index in [9.17, 15) is 14.9 Å². The Hall–Kier alpha value is -3.39. The van der Waals surface area contributed by atoms with E-state index in [1.165, 1.54) is 6.07 Å². The van der Waals surface area contributed by atoms with Crippen LogP contribution in [0.4, 0.5) is 11.4 Å². The SMILES string of the molecule is N#CC(C#N)=CNc1ccc([N+](=O)[O-])cc1C(=O)O. The molecule has 0 radical (unpaired) electrons. The van der Waals surface area contributed by atoms with E-state index in [1.54, 1.807) is 12.1 Å². The van der Waals surface area contributed by atoms with Crippen LogP contribution < -0.4 is 5.32 Å². The summed E-state index contributed by atoms with van der Waals surface area (Å²) in [6.45, 7) is 0. The van der Waals surface area contributed by atoms with Crippen LogP contribution in [-0.2, 0) is 0 Å². The number of benzene rings is 1. The lowest BCUT2D eigenvalue weighted by atomic mass is 10.1. The Morgan fingerprint density at radius 1 is 1.42 bits per heavy atom. The first-order valence-electron chi connectivity index (χ1n) is 4.78. The molecule has 0 aromatic heterocycles. The molecule has 0 spiro atoms. The molecule has 0 fully saturated rings. The van der Waals surface area contributed by atoms with Gasteiger partial charge in [-0.25, -0.2) is 4.79 Å². The number of nitrogens with zero attached hydrogens (tertiary/aromatic N) is 3. The summed E-state index contributed by atoms with van der Waals surface area (Å²) in [5, 5.41) is 39.0. The minimum Gasteiger partial charge on any atom is -0.478 e. The van der Waals surface area contributed by atoms with Crippen LogP contribution in [-0.4, -0.2) is 16.0 Å². The van der Waals surface area contributed by atoms with Gasteiger partial charge in [0.05, 0.1) is 16.2 Å². The van der Waals surface area contributed by atoms with Gasteiger partial charge < -0.3 is 10.4 Å². The van der Waals surface area contributed by atoms with Gasteiger partial charge in [-0.2, -0.15) is 10.5 Å². The fourth-order valence-electron chi connectivity index (χ4n) is 1.19.